The zero-order chi connectivity index (χ0) is 10.9. The van der Waals surface area contributed by atoms with Crippen LogP contribution >= 0.6 is 0 Å². The fraction of sp³-hybridized carbons (Fsp3) is 0.769. The number of H-pyrrole nitrogens is 1. The molecule has 2 nitrogen and oxygen atoms in total. The molecule has 1 aromatic rings. The summed E-state index contributed by atoms with van der Waals surface area (Å²) < 4.78 is 0. The zero-order valence-electron chi connectivity index (χ0n) is 10.1. The molecule has 1 N–H and O–H groups in total. The van der Waals surface area contributed by atoms with Gasteiger partial charge in [-0.2, -0.15) is 0 Å². The van der Waals surface area contributed by atoms with Gasteiger partial charge in [-0.15, -0.1) is 0 Å². The number of imidazole rings is 1. The zero-order valence-corrected chi connectivity index (χ0v) is 10.1. The van der Waals surface area contributed by atoms with E-state index in [-0.39, 0.29) is 0 Å². The van der Waals surface area contributed by atoms with Crippen molar-refractivity contribution >= 4 is 0 Å². The Bertz CT molecular complexity index is 287. The highest BCUT2D eigenvalue weighted by atomic mass is 14.9. The van der Waals surface area contributed by atoms with Gasteiger partial charge in [0.2, 0.25) is 0 Å². The molecule has 0 bridgehead atoms. The lowest BCUT2D eigenvalue weighted by atomic mass is 9.69. The van der Waals surface area contributed by atoms with Crippen molar-refractivity contribution < 1.29 is 0 Å². The minimum atomic E-state index is 0.485. The Hall–Kier alpha value is -0.790. The molecule has 0 unspecified atom stereocenters. The van der Waals surface area contributed by atoms with Crippen molar-refractivity contribution in [2.24, 2.45) is 11.3 Å². The lowest BCUT2D eigenvalue weighted by molar-refractivity contribution is 0.168. The van der Waals surface area contributed by atoms with Gasteiger partial charge in [-0.1, -0.05) is 20.8 Å². The average Bonchev–Trinajstić information content (AvgIpc) is 2.69. The van der Waals surface area contributed by atoms with E-state index in [0.717, 1.165) is 11.8 Å². The first-order valence-corrected chi connectivity index (χ1v) is 6.05. The van der Waals surface area contributed by atoms with Crippen LogP contribution in [0.5, 0.6) is 0 Å². The van der Waals surface area contributed by atoms with Gasteiger partial charge in [0.25, 0.3) is 0 Å². The first kappa shape index (κ1) is 10.7. The predicted molar refractivity (Wildman–Crippen MR) is 62.7 cm³/mol. The first-order chi connectivity index (χ1) is 7.07. The molecule has 1 heterocycles. The summed E-state index contributed by atoms with van der Waals surface area (Å²) in [4.78, 5) is 7.36. The lowest BCUT2D eigenvalue weighted by Gasteiger charge is -2.36. The second-order valence-corrected chi connectivity index (χ2v) is 5.92. The van der Waals surface area contributed by atoms with Crippen molar-refractivity contribution in [2.45, 2.75) is 52.4 Å². The fourth-order valence-corrected chi connectivity index (χ4v) is 2.76. The van der Waals surface area contributed by atoms with Crippen LogP contribution in [-0.4, -0.2) is 9.97 Å². The van der Waals surface area contributed by atoms with E-state index in [1.165, 1.54) is 31.4 Å². The Kier molecular flexibility index (Phi) is 2.85. The van der Waals surface area contributed by atoms with E-state index in [0.29, 0.717) is 5.41 Å². The van der Waals surface area contributed by atoms with E-state index < -0.39 is 0 Å². The van der Waals surface area contributed by atoms with Crippen molar-refractivity contribution in [3.8, 4) is 0 Å². The van der Waals surface area contributed by atoms with Gasteiger partial charge in [0.15, 0.2) is 0 Å². The summed E-state index contributed by atoms with van der Waals surface area (Å²) >= 11 is 0. The van der Waals surface area contributed by atoms with Crippen LogP contribution in [0.4, 0.5) is 0 Å². The predicted octanol–water partition coefficient (Wildman–Crippen LogP) is 3.73. The van der Waals surface area contributed by atoms with Crippen LogP contribution in [0.2, 0.25) is 0 Å². The Morgan fingerprint density at radius 2 is 1.87 bits per heavy atom. The third kappa shape index (κ3) is 2.42. The van der Waals surface area contributed by atoms with Crippen LogP contribution in [0.1, 0.15) is 58.1 Å². The molecule has 0 aliphatic heterocycles. The molecule has 0 spiro atoms. The monoisotopic (exact) mass is 206 g/mol. The molecule has 84 valence electrons. The number of hydrogen-bond acceptors (Lipinski definition) is 1. The van der Waals surface area contributed by atoms with E-state index in [9.17, 15) is 0 Å². The second kappa shape index (κ2) is 3.99. The normalized spacial score (nSPS) is 27.9. The topological polar surface area (TPSA) is 28.7 Å². The SMILES string of the molecule is CC(C)(C)C1CCC(c2cnc[nH]2)CC1. The van der Waals surface area contributed by atoms with E-state index in [2.05, 4.69) is 30.7 Å². The third-order valence-corrected chi connectivity index (χ3v) is 3.91. The van der Waals surface area contributed by atoms with Gasteiger partial charge in [-0.3, -0.25) is 0 Å². The number of hydrogen-bond donors (Lipinski definition) is 1. The van der Waals surface area contributed by atoms with Crippen molar-refractivity contribution in [1.29, 1.82) is 0 Å². The first-order valence-electron chi connectivity index (χ1n) is 6.05. The second-order valence-electron chi connectivity index (χ2n) is 5.92. The third-order valence-electron chi connectivity index (χ3n) is 3.91. The number of aromatic nitrogens is 2. The maximum Gasteiger partial charge on any atom is 0.0921 e. The standard InChI is InChI=1S/C13H22N2/c1-13(2,3)11-6-4-10(5-7-11)12-8-14-9-15-12/h8-11H,4-7H2,1-3H3,(H,14,15). The highest BCUT2D eigenvalue weighted by molar-refractivity contribution is 5.05. The quantitative estimate of drug-likeness (QED) is 0.745. The van der Waals surface area contributed by atoms with E-state index in [1.54, 1.807) is 6.33 Å². The summed E-state index contributed by atoms with van der Waals surface area (Å²) in [6, 6.07) is 0. The van der Waals surface area contributed by atoms with Crippen molar-refractivity contribution in [1.82, 2.24) is 9.97 Å². The lowest BCUT2D eigenvalue weighted by Crippen LogP contribution is -2.25. The highest BCUT2D eigenvalue weighted by Gasteiger charge is 2.30. The van der Waals surface area contributed by atoms with Gasteiger partial charge in [0.1, 0.15) is 0 Å². The number of nitrogens with one attached hydrogen (secondary N) is 1. The van der Waals surface area contributed by atoms with E-state index in [1.807, 2.05) is 6.20 Å². The van der Waals surface area contributed by atoms with Crippen LogP contribution in [0, 0.1) is 11.3 Å². The summed E-state index contributed by atoms with van der Waals surface area (Å²) in [7, 11) is 0. The van der Waals surface area contributed by atoms with Gasteiger partial charge in [-0.05, 0) is 37.0 Å². The molecule has 1 aliphatic rings. The molecule has 2 rings (SSSR count). The number of aromatic amines is 1. The molecule has 0 atom stereocenters. The summed E-state index contributed by atoms with van der Waals surface area (Å²) in [5.74, 6) is 1.63. The molecule has 1 fully saturated rings. The molecular formula is C13H22N2. The van der Waals surface area contributed by atoms with E-state index >= 15 is 0 Å². The molecule has 1 saturated carbocycles. The Balaban J connectivity index is 1.93. The van der Waals surface area contributed by atoms with Crippen LogP contribution in [0.15, 0.2) is 12.5 Å². The largest absolute Gasteiger partial charge is 0.348 e. The maximum atomic E-state index is 4.11. The van der Waals surface area contributed by atoms with Gasteiger partial charge < -0.3 is 4.98 Å². The van der Waals surface area contributed by atoms with Crippen LogP contribution in [0.25, 0.3) is 0 Å². The summed E-state index contributed by atoms with van der Waals surface area (Å²) in [5, 5.41) is 0. The average molecular weight is 206 g/mol. The van der Waals surface area contributed by atoms with Crippen LogP contribution < -0.4 is 0 Å². The van der Waals surface area contributed by atoms with Crippen molar-refractivity contribution in [3.63, 3.8) is 0 Å². The summed E-state index contributed by atoms with van der Waals surface area (Å²) in [5.41, 5.74) is 1.82. The maximum absolute atomic E-state index is 4.11. The van der Waals surface area contributed by atoms with Gasteiger partial charge in [0, 0.05) is 17.8 Å². The Morgan fingerprint density at radius 1 is 1.20 bits per heavy atom. The molecule has 1 aliphatic carbocycles. The molecule has 0 radical (unpaired) electrons. The van der Waals surface area contributed by atoms with Gasteiger partial charge >= 0.3 is 0 Å². The smallest absolute Gasteiger partial charge is 0.0921 e. The highest BCUT2D eigenvalue weighted by Crippen LogP contribution is 2.42. The molecule has 15 heavy (non-hydrogen) atoms. The van der Waals surface area contributed by atoms with Crippen LogP contribution in [0.3, 0.4) is 0 Å². The van der Waals surface area contributed by atoms with Crippen molar-refractivity contribution in [2.75, 3.05) is 0 Å². The Labute approximate surface area is 92.5 Å². The molecular weight excluding hydrogens is 184 g/mol. The molecule has 0 saturated heterocycles. The molecule has 0 aromatic carbocycles. The number of rotatable bonds is 1. The molecule has 2 heteroatoms. The molecule has 0 amide bonds. The van der Waals surface area contributed by atoms with Crippen LogP contribution in [-0.2, 0) is 0 Å². The fourth-order valence-electron chi connectivity index (χ4n) is 2.76. The minimum absolute atomic E-state index is 0.485. The molecule has 1 aromatic heterocycles. The summed E-state index contributed by atoms with van der Waals surface area (Å²) in [6.07, 6.45) is 9.17. The minimum Gasteiger partial charge on any atom is -0.348 e. The van der Waals surface area contributed by atoms with Gasteiger partial charge in [-0.25, -0.2) is 4.98 Å². The van der Waals surface area contributed by atoms with Crippen molar-refractivity contribution in [3.05, 3.63) is 18.2 Å². The number of nitrogens with zero attached hydrogens (tertiary/aromatic N) is 1. The summed E-state index contributed by atoms with van der Waals surface area (Å²) in [6.45, 7) is 7.11. The Morgan fingerprint density at radius 3 is 2.33 bits per heavy atom. The van der Waals surface area contributed by atoms with Gasteiger partial charge in [0.05, 0.1) is 6.33 Å². The van der Waals surface area contributed by atoms with E-state index in [4.69, 9.17) is 0 Å².